The zero-order chi connectivity index (χ0) is 15.4. The summed E-state index contributed by atoms with van der Waals surface area (Å²) >= 11 is 0. The molecule has 112 valence electrons. The molecule has 1 heterocycles. The molecule has 0 fully saturated rings. The van der Waals surface area contributed by atoms with Gasteiger partial charge in [-0.1, -0.05) is 25.5 Å². The Morgan fingerprint density at radius 2 is 2.00 bits per heavy atom. The average molecular weight is 286 g/mol. The highest BCUT2D eigenvalue weighted by Gasteiger charge is 2.16. The first-order valence-corrected chi connectivity index (χ1v) is 7.51. The maximum Gasteiger partial charge on any atom is 0.256 e. The summed E-state index contributed by atoms with van der Waals surface area (Å²) in [6.07, 6.45) is 3.57. The van der Waals surface area contributed by atoms with Crippen LogP contribution < -0.4 is 10.7 Å². The maximum absolute atomic E-state index is 12.5. The van der Waals surface area contributed by atoms with Crippen molar-refractivity contribution in [2.24, 2.45) is 0 Å². The van der Waals surface area contributed by atoms with Gasteiger partial charge in [0, 0.05) is 24.2 Å². The Labute approximate surface area is 124 Å². The normalized spacial score (nSPS) is 12.3. The summed E-state index contributed by atoms with van der Waals surface area (Å²) in [5, 5.41) is 3.49. The molecule has 0 aliphatic heterocycles. The molecule has 0 saturated carbocycles. The van der Waals surface area contributed by atoms with Crippen LogP contribution in [-0.4, -0.2) is 16.5 Å². The number of hydrogen-bond donors (Lipinski definition) is 1. The summed E-state index contributed by atoms with van der Waals surface area (Å²) in [5.74, 6) is -0.283. The van der Waals surface area contributed by atoms with E-state index in [1.165, 1.54) is 0 Å². The zero-order valence-corrected chi connectivity index (χ0v) is 12.8. The molecule has 4 nitrogen and oxygen atoms in total. The van der Waals surface area contributed by atoms with Crippen molar-refractivity contribution in [2.45, 2.75) is 46.2 Å². The SMILES string of the molecule is CCC[C@@H](C)NC(=O)c1cn(CC)c2ccccc2c1=O. The molecular weight excluding hydrogens is 264 g/mol. The quantitative estimate of drug-likeness (QED) is 0.918. The number of hydrogen-bond acceptors (Lipinski definition) is 2. The molecular formula is C17H22N2O2. The standard InChI is InChI=1S/C17H22N2O2/c1-4-8-12(3)18-17(21)14-11-19(5-2)15-10-7-6-9-13(15)16(14)20/h6-7,9-12H,4-5,8H2,1-3H3,(H,18,21)/t12-/m1/s1. The van der Waals surface area contributed by atoms with E-state index in [4.69, 9.17) is 0 Å². The molecule has 0 aliphatic rings. The Balaban J connectivity index is 2.47. The third-order valence-corrected chi connectivity index (χ3v) is 3.67. The Kier molecular flexibility index (Phi) is 4.78. The zero-order valence-electron chi connectivity index (χ0n) is 12.8. The molecule has 1 atom stereocenters. The van der Waals surface area contributed by atoms with Gasteiger partial charge in [-0.15, -0.1) is 0 Å². The van der Waals surface area contributed by atoms with Crippen LogP contribution in [0.1, 0.15) is 44.0 Å². The molecule has 0 bridgehead atoms. The predicted octanol–water partition coefficient (Wildman–Crippen LogP) is 2.94. The number of nitrogens with one attached hydrogen (secondary N) is 1. The van der Waals surface area contributed by atoms with Crippen molar-refractivity contribution in [3.05, 3.63) is 46.2 Å². The van der Waals surface area contributed by atoms with E-state index in [1.807, 2.05) is 36.6 Å². The van der Waals surface area contributed by atoms with Gasteiger partial charge in [0.1, 0.15) is 5.56 Å². The fourth-order valence-electron chi connectivity index (χ4n) is 2.58. The highest BCUT2D eigenvalue weighted by molar-refractivity contribution is 5.97. The molecule has 1 aromatic heterocycles. The molecule has 1 amide bonds. The van der Waals surface area contributed by atoms with E-state index in [9.17, 15) is 9.59 Å². The first-order valence-electron chi connectivity index (χ1n) is 7.51. The Morgan fingerprint density at radius 1 is 1.29 bits per heavy atom. The minimum atomic E-state index is -0.283. The van der Waals surface area contributed by atoms with Gasteiger partial charge in [-0.05, 0) is 32.4 Å². The highest BCUT2D eigenvalue weighted by Crippen LogP contribution is 2.12. The van der Waals surface area contributed by atoms with Crippen LogP contribution in [0.25, 0.3) is 10.9 Å². The topological polar surface area (TPSA) is 51.1 Å². The third-order valence-electron chi connectivity index (χ3n) is 3.67. The lowest BCUT2D eigenvalue weighted by atomic mass is 10.1. The van der Waals surface area contributed by atoms with E-state index in [-0.39, 0.29) is 22.9 Å². The van der Waals surface area contributed by atoms with E-state index < -0.39 is 0 Å². The van der Waals surface area contributed by atoms with Gasteiger partial charge in [0.25, 0.3) is 5.91 Å². The van der Waals surface area contributed by atoms with Crippen LogP contribution in [0.3, 0.4) is 0 Å². The van der Waals surface area contributed by atoms with Crippen molar-refractivity contribution in [3.8, 4) is 0 Å². The van der Waals surface area contributed by atoms with Crippen molar-refractivity contribution >= 4 is 16.8 Å². The number of carbonyl (C=O) groups excluding carboxylic acids is 1. The number of aromatic nitrogens is 1. The molecule has 2 rings (SSSR count). The fourth-order valence-corrected chi connectivity index (χ4v) is 2.58. The van der Waals surface area contributed by atoms with E-state index in [0.29, 0.717) is 11.9 Å². The van der Waals surface area contributed by atoms with E-state index in [0.717, 1.165) is 18.4 Å². The van der Waals surface area contributed by atoms with E-state index >= 15 is 0 Å². The summed E-state index contributed by atoms with van der Waals surface area (Å²) in [6.45, 7) is 6.74. The minimum Gasteiger partial charge on any atom is -0.349 e. The largest absolute Gasteiger partial charge is 0.349 e. The van der Waals surface area contributed by atoms with Crippen molar-refractivity contribution < 1.29 is 4.79 Å². The van der Waals surface area contributed by atoms with E-state index in [1.54, 1.807) is 12.3 Å². The summed E-state index contributed by atoms with van der Waals surface area (Å²) in [6, 6.07) is 7.48. The molecule has 0 aliphatic carbocycles. The Bertz CT molecular complexity index is 703. The van der Waals surface area contributed by atoms with Crippen LogP contribution in [0.15, 0.2) is 35.3 Å². The monoisotopic (exact) mass is 286 g/mol. The van der Waals surface area contributed by atoms with Gasteiger partial charge in [0.15, 0.2) is 0 Å². The second-order valence-electron chi connectivity index (χ2n) is 5.34. The molecule has 0 unspecified atom stereocenters. The summed E-state index contributed by atoms with van der Waals surface area (Å²) < 4.78 is 1.94. The van der Waals surface area contributed by atoms with Gasteiger partial charge in [-0.25, -0.2) is 0 Å². The summed E-state index contributed by atoms with van der Waals surface area (Å²) in [4.78, 5) is 24.8. The average Bonchev–Trinajstić information content (AvgIpc) is 2.48. The van der Waals surface area contributed by atoms with Gasteiger partial charge < -0.3 is 9.88 Å². The van der Waals surface area contributed by atoms with Crippen LogP contribution in [0.4, 0.5) is 0 Å². The maximum atomic E-state index is 12.5. The smallest absolute Gasteiger partial charge is 0.256 e. The number of benzene rings is 1. The number of amides is 1. The fraction of sp³-hybridized carbons (Fsp3) is 0.412. The van der Waals surface area contributed by atoms with Crippen molar-refractivity contribution in [1.82, 2.24) is 9.88 Å². The lowest BCUT2D eigenvalue weighted by molar-refractivity contribution is 0.0936. The number of aryl methyl sites for hydroxylation is 1. The van der Waals surface area contributed by atoms with Gasteiger partial charge in [0.05, 0.1) is 5.52 Å². The van der Waals surface area contributed by atoms with Crippen molar-refractivity contribution in [2.75, 3.05) is 0 Å². The summed E-state index contributed by atoms with van der Waals surface area (Å²) in [5.41, 5.74) is 0.887. The number of rotatable bonds is 5. The van der Waals surface area contributed by atoms with Crippen molar-refractivity contribution in [3.63, 3.8) is 0 Å². The highest BCUT2D eigenvalue weighted by atomic mass is 16.2. The minimum absolute atomic E-state index is 0.0726. The van der Waals surface area contributed by atoms with Gasteiger partial charge in [-0.3, -0.25) is 9.59 Å². The second-order valence-corrected chi connectivity index (χ2v) is 5.34. The van der Waals surface area contributed by atoms with Gasteiger partial charge >= 0.3 is 0 Å². The number of fused-ring (bicyclic) bond motifs is 1. The molecule has 1 N–H and O–H groups in total. The second kappa shape index (κ2) is 6.57. The number of para-hydroxylation sites is 1. The first-order chi connectivity index (χ1) is 10.1. The lowest BCUT2D eigenvalue weighted by Gasteiger charge is -2.15. The number of nitrogens with zero attached hydrogens (tertiary/aromatic N) is 1. The lowest BCUT2D eigenvalue weighted by Crippen LogP contribution is -2.35. The summed E-state index contributed by atoms with van der Waals surface area (Å²) in [7, 11) is 0. The predicted molar refractivity (Wildman–Crippen MR) is 85.7 cm³/mol. The van der Waals surface area contributed by atoms with Crippen molar-refractivity contribution in [1.29, 1.82) is 0 Å². The van der Waals surface area contributed by atoms with Crippen LogP contribution in [-0.2, 0) is 6.54 Å². The van der Waals surface area contributed by atoms with Crippen LogP contribution >= 0.6 is 0 Å². The van der Waals surface area contributed by atoms with E-state index in [2.05, 4.69) is 12.2 Å². The van der Waals surface area contributed by atoms with Crippen LogP contribution in [0.5, 0.6) is 0 Å². The first kappa shape index (κ1) is 15.3. The van der Waals surface area contributed by atoms with Crippen LogP contribution in [0.2, 0.25) is 0 Å². The molecule has 0 spiro atoms. The number of carbonyl (C=O) groups is 1. The van der Waals surface area contributed by atoms with Gasteiger partial charge in [0.2, 0.25) is 5.43 Å². The molecule has 21 heavy (non-hydrogen) atoms. The molecule has 0 radical (unpaired) electrons. The molecule has 2 aromatic rings. The third kappa shape index (κ3) is 3.15. The Morgan fingerprint density at radius 3 is 2.67 bits per heavy atom. The molecule has 1 aromatic carbocycles. The Hall–Kier alpha value is -2.10. The van der Waals surface area contributed by atoms with Crippen LogP contribution in [0, 0.1) is 0 Å². The van der Waals surface area contributed by atoms with Gasteiger partial charge in [-0.2, -0.15) is 0 Å². The number of pyridine rings is 1. The molecule has 0 saturated heterocycles. The molecule has 4 heteroatoms.